The summed E-state index contributed by atoms with van der Waals surface area (Å²) in [5.41, 5.74) is 0. The van der Waals surface area contributed by atoms with Gasteiger partial charge in [-0.25, -0.2) is 0 Å². The van der Waals surface area contributed by atoms with Crippen LogP contribution in [0.3, 0.4) is 0 Å². The van der Waals surface area contributed by atoms with Crippen LogP contribution in [0.2, 0.25) is 5.02 Å². The van der Waals surface area contributed by atoms with Gasteiger partial charge in [-0.15, -0.1) is 0 Å². The molecule has 2 rings (SSSR count). The lowest BCUT2D eigenvalue weighted by Crippen LogP contribution is -2.45. The second kappa shape index (κ2) is 3.99. The van der Waals surface area contributed by atoms with Gasteiger partial charge in [-0.05, 0) is 24.3 Å². The van der Waals surface area contributed by atoms with Crippen molar-refractivity contribution in [1.82, 2.24) is 5.32 Å². The number of halogens is 1. The van der Waals surface area contributed by atoms with Crippen molar-refractivity contribution in [2.75, 3.05) is 19.7 Å². The van der Waals surface area contributed by atoms with Crippen molar-refractivity contribution in [1.29, 1.82) is 0 Å². The van der Waals surface area contributed by atoms with Crippen LogP contribution < -0.4 is 10.1 Å². The first-order chi connectivity index (χ1) is 6.34. The Balaban J connectivity index is 1.83. The van der Waals surface area contributed by atoms with Crippen LogP contribution in [0.25, 0.3) is 0 Å². The average molecular weight is 198 g/mol. The number of nitrogens with one attached hydrogen (secondary N) is 1. The van der Waals surface area contributed by atoms with Gasteiger partial charge in [0, 0.05) is 24.0 Å². The van der Waals surface area contributed by atoms with Gasteiger partial charge in [0.2, 0.25) is 0 Å². The maximum atomic E-state index is 5.75. The van der Waals surface area contributed by atoms with E-state index in [1.165, 1.54) is 0 Å². The van der Waals surface area contributed by atoms with E-state index >= 15 is 0 Å². The molecule has 0 radical (unpaired) electrons. The van der Waals surface area contributed by atoms with Crippen molar-refractivity contribution in [3.8, 4) is 5.75 Å². The molecule has 1 N–H and O–H groups in total. The van der Waals surface area contributed by atoms with Crippen molar-refractivity contribution in [3.05, 3.63) is 29.3 Å². The minimum Gasteiger partial charge on any atom is -0.493 e. The first kappa shape index (κ1) is 8.85. The quantitative estimate of drug-likeness (QED) is 0.800. The van der Waals surface area contributed by atoms with Crippen LogP contribution in [0.15, 0.2) is 24.3 Å². The first-order valence-electron chi connectivity index (χ1n) is 4.44. The van der Waals surface area contributed by atoms with Crippen LogP contribution in [-0.4, -0.2) is 19.7 Å². The van der Waals surface area contributed by atoms with Crippen LogP contribution in [0.4, 0.5) is 0 Å². The van der Waals surface area contributed by atoms with Crippen LogP contribution >= 0.6 is 11.6 Å². The topological polar surface area (TPSA) is 21.3 Å². The molecule has 70 valence electrons. The number of rotatable bonds is 3. The van der Waals surface area contributed by atoms with Gasteiger partial charge in [-0.3, -0.25) is 0 Å². The van der Waals surface area contributed by atoms with E-state index in [1.807, 2.05) is 24.3 Å². The lowest BCUT2D eigenvalue weighted by Gasteiger charge is -2.26. The third-order valence-electron chi connectivity index (χ3n) is 2.17. The van der Waals surface area contributed by atoms with E-state index in [2.05, 4.69) is 5.32 Å². The fourth-order valence-electron chi connectivity index (χ4n) is 1.21. The van der Waals surface area contributed by atoms with E-state index < -0.39 is 0 Å². The highest BCUT2D eigenvalue weighted by atomic mass is 35.5. The molecule has 0 spiro atoms. The molecule has 1 saturated heterocycles. The lowest BCUT2D eigenvalue weighted by molar-refractivity contribution is 0.199. The summed E-state index contributed by atoms with van der Waals surface area (Å²) in [6, 6.07) is 7.48. The highest BCUT2D eigenvalue weighted by Crippen LogP contribution is 2.16. The largest absolute Gasteiger partial charge is 0.493 e. The molecule has 1 aromatic carbocycles. The zero-order valence-corrected chi connectivity index (χ0v) is 8.05. The zero-order valence-electron chi connectivity index (χ0n) is 7.29. The maximum absolute atomic E-state index is 5.75. The molecule has 0 amide bonds. The molecule has 0 bridgehead atoms. The predicted octanol–water partition coefficient (Wildman–Crippen LogP) is 1.94. The summed E-state index contributed by atoms with van der Waals surface area (Å²) in [5.74, 6) is 1.58. The monoisotopic (exact) mass is 197 g/mol. The van der Waals surface area contributed by atoms with Gasteiger partial charge in [0.05, 0.1) is 6.61 Å². The number of hydrogen-bond donors (Lipinski definition) is 1. The summed E-state index contributed by atoms with van der Waals surface area (Å²) in [6.45, 7) is 2.95. The number of benzene rings is 1. The molecule has 1 fully saturated rings. The molecular formula is C10H12ClNO. The molecular weight excluding hydrogens is 186 g/mol. The van der Waals surface area contributed by atoms with E-state index in [0.717, 1.165) is 30.5 Å². The SMILES string of the molecule is Clc1ccc(OCC2CNC2)cc1. The van der Waals surface area contributed by atoms with E-state index in [4.69, 9.17) is 16.3 Å². The van der Waals surface area contributed by atoms with Crippen molar-refractivity contribution < 1.29 is 4.74 Å². The van der Waals surface area contributed by atoms with Gasteiger partial charge in [-0.1, -0.05) is 11.6 Å². The first-order valence-corrected chi connectivity index (χ1v) is 4.81. The zero-order chi connectivity index (χ0) is 9.10. The van der Waals surface area contributed by atoms with Crippen LogP contribution in [0.1, 0.15) is 0 Å². The van der Waals surface area contributed by atoms with Crippen LogP contribution in [0.5, 0.6) is 5.75 Å². The molecule has 1 aliphatic heterocycles. The molecule has 1 aliphatic rings. The normalized spacial score (nSPS) is 16.7. The standard InChI is InChI=1S/C10H12ClNO/c11-9-1-3-10(4-2-9)13-7-8-5-12-6-8/h1-4,8,12H,5-7H2. The fraction of sp³-hybridized carbons (Fsp3) is 0.400. The molecule has 0 atom stereocenters. The molecule has 0 unspecified atom stereocenters. The van der Waals surface area contributed by atoms with E-state index in [0.29, 0.717) is 5.92 Å². The lowest BCUT2D eigenvalue weighted by atomic mass is 10.1. The third-order valence-corrected chi connectivity index (χ3v) is 2.42. The highest BCUT2D eigenvalue weighted by molar-refractivity contribution is 6.30. The average Bonchev–Trinajstić information content (AvgIpc) is 2.05. The van der Waals surface area contributed by atoms with Crippen molar-refractivity contribution >= 4 is 11.6 Å². The van der Waals surface area contributed by atoms with E-state index in [9.17, 15) is 0 Å². The second-order valence-corrected chi connectivity index (χ2v) is 3.73. The Labute approximate surface area is 82.9 Å². The van der Waals surface area contributed by atoms with E-state index in [1.54, 1.807) is 0 Å². The van der Waals surface area contributed by atoms with Gasteiger partial charge in [0.1, 0.15) is 5.75 Å². The van der Waals surface area contributed by atoms with Gasteiger partial charge in [0.15, 0.2) is 0 Å². The predicted molar refractivity (Wildman–Crippen MR) is 53.3 cm³/mol. The van der Waals surface area contributed by atoms with Crippen molar-refractivity contribution in [3.63, 3.8) is 0 Å². The fourth-order valence-corrected chi connectivity index (χ4v) is 1.34. The third kappa shape index (κ3) is 2.36. The van der Waals surface area contributed by atoms with Gasteiger partial charge in [-0.2, -0.15) is 0 Å². The molecule has 13 heavy (non-hydrogen) atoms. The molecule has 3 heteroatoms. The molecule has 0 aliphatic carbocycles. The van der Waals surface area contributed by atoms with Crippen LogP contribution in [-0.2, 0) is 0 Å². The summed E-state index contributed by atoms with van der Waals surface area (Å²) >= 11 is 5.75. The van der Waals surface area contributed by atoms with Crippen molar-refractivity contribution in [2.45, 2.75) is 0 Å². The Hall–Kier alpha value is -0.730. The smallest absolute Gasteiger partial charge is 0.119 e. The summed E-state index contributed by atoms with van der Waals surface area (Å²) in [4.78, 5) is 0. The Kier molecular flexibility index (Phi) is 2.71. The minimum absolute atomic E-state index is 0.677. The summed E-state index contributed by atoms with van der Waals surface area (Å²) in [5, 5.41) is 3.95. The Morgan fingerprint density at radius 2 is 2.00 bits per heavy atom. The summed E-state index contributed by atoms with van der Waals surface area (Å²) < 4.78 is 5.57. The Morgan fingerprint density at radius 3 is 2.54 bits per heavy atom. The molecule has 1 heterocycles. The minimum atomic E-state index is 0.677. The van der Waals surface area contributed by atoms with Gasteiger partial charge >= 0.3 is 0 Å². The molecule has 2 nitrogen and oxygen atoms in total. The van der Waals surface area contributed by atoms with E-state index in [-0.39, 0.29) is 0 Å². The molecule has 1 aromatic rings. The van der Waals surface area contributed by atoms with Crippen molar-refractivity contribution in [2.24, 2.45) is 5.92 Å². The summed E-state index contributed by atoms with van der Waals surface area (Å²) in [7, 11) is 0. The number of ether oxygens (including phenoxy) is 1. The second-order valence-electron chi connectivity index (χ2n) is 3.29. The van der Waals surface area contributed by atoms with Gasteiger partial charge in [0.25, 0.3) is 0 Å². The van der Waals surface area contributed by atoms with Crippen LogP contribution in [0, 0.1) is 5.92 Å². The number of hydrogen-bond acceptors (Lipinski definition) is 2. The summed E-state index contributed by atoms with van der Waals surface area (Å²) in [6.07, 6.45) is 0. The maximum Gasteiger partial charge on any atom is 0.119 e. The van der Waals surface area contributed by atoms with Gasteiger partial charge < -0.3 is 10.1 Å². The Bertz CT molecular complexity index is 269. The molecule has 0 saturated carbocycles. The Morgan fingerprint density at radius 1 is 1.31 bits per heavy atom. The molecule has 0 aromatic heterocycles. The highest BCUT2D eigenvalue weighted by Gasteiger charge is 2.16.